The van der Waals surface area contributed by atoms with Crippen molar-refractivity contribution >= 4 is 29.1 Å². The van der Waals surface area contributed by atoms with Crippen LogP contribution in [0.3, 0.4) is 0 Å². The number of anilines is 3. The van der Waals surface area contributed by atoms with E-state index in [1.165, 1.54) is 0 Å². The molecule has 0 aliphatic carbocycles. The van der Waals surface area contributed by atoms with Crippen molar-refractivity contribution in [3.8, 4) is 11.4 Å². The van der Waals surface area contributed by atoms with Gasteiger partial charge < -0.3 is 29.9 Å². The van der Waals surface area contributed by atoms with Crippen molar-refractivity contribution in [1.82, 2.24) is 15.3 Å². The quantitative estimate of drug-likeness (QED) is 0.750. The summed E-state index contributed by atoms with van der Waals surface area (Å²) in [6.45, 7) is 4.49. The highest BCUT2D eigenvalue weighted by Crippen LogP contribution is 2.42. The van der Waals surface area contributed by atoms with E-state index in [1.807, 2.05) is 28.9 Å². The SMILES string of the molecule is CNC(=O)Nc1ccc(-c2ncc3c(n2)N2CCOCC2(C)C(=O)N3C2CCOC2)cc1. The zero-order chi connectivity index (χ0) is 22.3. The van der Waals surface area contributed by atoms with Crippen molar-refractivity contribution in [3.05, 3.63) is 30.5 Å². The minimum atomic E-state index is -0.819. The Morgan fingerprint density at radius 2 is 2.03 bits per heavy atom. The Hall–Kier alpha value is -3.24. The van der Waals surface area contributed by atoms with Gasteiger partial charge in [-0.3, -0.25) is 4.79 Å². The summed E-state index contributed by atoms with van der Waals surface area (Å²) < 4.78 is 11.3. The van der Waals surface area contributed by atoms with Crippen LogP contribution in [0.2, 0.25) is 0 Å². The van der Waals surface area contributed by atoms with E-state index in [9.17, 15) is 9.59 Å². The van der Waals surface area contributed by atoms with Crippen molar-refractivity contribution in [2.45, 2.75) is 24.9 Å². The molecule has 32 heavy (non-hydrogen) atoms. The van der Waals surface area contributed by atoms with Crippen molar-refractivity contribution < 1.29 is 19.1 Å². The van der Waals surface area contributed by atoms with Crippen LogP contribution in [0.15, 0.2) is 30.5 Å². The molecule has 4 heterocycles. The summed E-state index contributed by atoms with van der Waals surface area (Å²) in [6.07, 6.45) is 2.52. The highest BCUT2D eigenvalue weighted by atomic mass is 16.5. The van der Waals surface area contributed by atoms with Crippen LogP contribution < -0.4 is 20.4 Å². The molecule has 2 fully saturated rings. The average Bonchev–Trinajstić information content (AvgIpc) is 3.34. The van der Waals surface area contributed by atoms with Crippen molar-refractivity contribution in [2.24, 2.45) is 0 Å². The Morgan fingerprint density at radius 3 is 2.75 bits per heavy atom. The highest BCUT2D eigenvalue weighted by Gasteiger charge is 2.52. The maximum Gasteiger partial charge on any atom is 0.318 e. The number of carbonyl (C=O) groups is 2. The maximum absolute atomic E-state index is 13.6. The molecule has 0 bridgehead atoms. The zero-order valence-corrected chi connectivity index (χ0v) is 18.1. The van der Waals surface area contributed by atoms with Crippen LogP contribution in [0.1, 0.15) is 13.3 Å². The van der Waals surface area contributed by atoms with E-state index in [4.69, 9.17) is 14.5 Å². The topological polar surface area (TPSA) is 109 Å². The summed E-state index contributed by atoms with van der Waals surface area (Å²) >= 11 is 0. The van der Waals surface area contributed by atoms with Gasteiger partial charge in [-0.15, -0.1) is 0 Å². The summed E-state index contributed by atoms with van der Waals surface area (Å²) in [5.41, 5.74) is 1.38. The lowest BCUT2D eigenvalue weighted by molar-refractivity contribution is -0.128. The molecule has 3 amide bonds. The molecule has 0 saturated carbocycles. The Kier molecular flexibility index (Phi) is 5.18. The molecule has 3 aliphatic heterocycles. The number of hydrogen-bond acceptors (Lipinski definition) is 7. The summed E-state index contributed by atoms with van der Waals surface area (Å²) in [5, 5.41) is 5.26. The molecule has 168 valence electrons. The van der Waals surface area contributed by atoms with Gasteiger partial charge in [-0.05, 0) is 37.6 Å². The molecule has 1 aromatic carbocycles. The third-order valence-corrected chi connectivity index (χ3v) is 6.28. The summed E-state index contributed by atoms with van der Waals surface area (Å²) in [4.78, 5) is 38.5. The molecule has 2 aromatic rings. The van der Waals surface area contributed by atoms with Gasteiger partial charge in [0.15, 0.2) is 11.6 Å². The number of nitrogens with zero attached hydrogens (tertiary/aromatic N) is 4. The number of nitrogens with one attached hydrogen (secondary N) is 2. The lowest BCUT2D eigenvalue weighted by Gasteiger charge is -2.51. The van der Waals surface area contributed by atoms with E-state index >= 15 is 0 Å². The molecular formula is C22H26N6O4. The van der Waals surface area contributed by atoms with Gasteiger partial charge in [-0.25, -0.2) is 14.8 Å². The fraction of sp³-hybridized carbons (Fsp3) is 0.455. The van der Waals surface area contributed by atoms with Gasteiger partial charge in [-0.2, -0.15) is 0 Å². The molecule has 3 aliphatic rings. The molecule has 2 atom stereocenters. The highest BCUT2D eigenvalue weighted by molar-refractivity contribution is 6.08. The summed E-state index contributed by atoms with van der Waals surface area (Å²) in [5.74, 6) is 1.29. The largest absolute Gasteiger partial charge is 0.379 e. The first-order valence-corrected chi connectivity index (χ1v) is 10.7. The standard InChI is InChI=1S/C22H26N6O4/c1-22-13-32-10-8-27(22)19-17(28(20(22)29)16-7-9-31-12-16)11-24-18(26-19)14-3-5-15(6-4-14)25-21(30)23-2/h3-6,11,16H,7-10,12-13H2,1-2H3,(H2,23,25,30). The average molecular weight is 438 g/mol. The number of ether oxygens (including phenoxy) is 2. The number of rotatable bonds is 3. The number of amides is 3. The third kappa shape index (κ3) is 3.35. The van der Waals surface area contributed by atoms with Crippen LogP contribution in [-0.4, -0.2) is 73.5 Å². The van der Waals surface area contributed by atoms with Gasteiger partial charge in [-0.1, -0.05) is 0 Å². The van der Waals surface area contributed by atoms with Gasteiger partial charge in [0.2, 0.25) is 0 Å². The number of urea groups is 1. The maximum atomic E-state index is 13.6. The molecule has 0 radical (unpaired) electrons. The molecular weight excluding hydrogens is 412 g/mol. The second kappa shape index (κ2) is 8.03. The van der Waals surface area contributed by atoms with Crippen molar-refractivity contribution in [2.75, 3.05) is 55.1 Å². The number of benzene rings is 1. The van der Waals surface area contributed by atoms with Gasteiger partial charge in [0.05, 0.1) is 32.1 Å². The number of aromatic nitrogens is 2. The fourth-order valence-electron chi connectivity index (χ4n) is 4.50. The van der Waals surface area contributed by atoms with Gasteiger partial charge in [0.25, 0.3) is 5.91 Å². The van der Waals surface area contributed by atoms with Gasteiger partial charge in [0.1, 0.15) is 11.2 Å². The van der Waals surface area contributed by atoms with E-state index in [0.717, 1.165) is 17.8 Å². The van der Waals surface area contributed by atoms with E-state index < -0.39 is 5.54 Å². The Balaban J connectivity index is 1.54. The minimum Gasteiger partial charge on any atom is -0.379 e. The van der Waals surface area contributed by atoms with Crippen LogP contribution >= 0.6 is 0 Å². The molecule has 2 unspecified atom stereocenters. The van der Waals surface area contributed by atoms with E-state index in [-0.39, 0.29) is 18.0 Å². The van der Waals surface area contributed by atoms with E-state index in [2.05, 4.69) is 15.6 Å². The molecule has 0 spiro atoms. The number of carbonyl (C=O) groups excluding carboxylic acids is 2. The first kappa shape index (κ1) is 20.7. The fourth-order valence-corrected chi connectivity index (χ4v) is 4.50. The molecule has 2 saturated heterocycles. The number of hydrogen-bond donors (Lipinski definition) is 2. The monoisotopic (exact) mass is 438 g/mol. The predicted octanol–water partition coefficient (Wildman–Crippen LogP) is 1.63. The number of morpholine rings is 1. The van der Waals surface area contributed by atoms with E-state index in [0.29, 0.717) is 50.2 Å². The van der Waals surface area contributed by atoms with Crippen LogP contribution in [0.4, 0.5) is 22.0 Å². The Morgan fingerprint density at radius 1 is 1.22 bits per heavy atom. The number of fused-ring (bicyclic) bond motifs is 3. The summed E-state index contributed by atoms with van der Waals surface area (Å²) in [6, 6.07) is 7.02. The molecule has 2 N–H and O–H groups in total. The van der Waals surface area contributed by atoms with Crippen LogP contribution in [-0.2, 0) is 14.3 Å². The molecule has 5 rings (SSSR count). The van der Waals surface area contributed by atoms with Gasteiger partial charge >= 0.3 is 6.03 Å². The Bertz CT molecular complexity index is 1040. The second-order valence-corrected chi connectivity index (χ2v) is 8.35. The minimum absolute atomic E-state index is 0.00109. The zero-order valence-electron chi connectivity index (χ0n) is 18.1. The lowest BCUT2D eigenvalue weighted by atomic mass is 9.92. The molecule has 1 aromatic heterocycles. The molecule has 10 nitrogen and oxygen atoms in total. The summed E-state index contributed by atoms with van der Waals surface area (Å²) in [7, 11) is 1.57. The van der Waals surface area contributed by atoms with Crippen LogP contribution in [0.25, 0.3) is 11.4 Å². The lowest BCUT2D eigenvalue weighted by Crippen LogP contribution is -2.68. The van der Waals surface area contributed by atoms with Crippen molar-refractivity contribution in [3.63, 3.8) is 0 Å². The first-order chi connectivity index (χ1) is 15.5. The smallest absolute Gasteiger partial charge is 0.318 e. The second-order valence-electron chi connectivity index (χ2n) is 8.35. The van der Waals surface area contributed by atoms with E-state index in [1.54, 1.807) is 25.4 Å². The normalized spacial score (nSPS) is 24.7. The first-order valence-electron chi connectivity index (χ1n) is 10.7. The third-order valence-electron chi connectivity index (χ3n) is 6.28. The molecule has 10 heteroatoms. The van der Waals surface area contributed by atoms with Crippen molar-refractivity contribution in [1.29, 1.82) is 0 Å². The van der Waals surface area contributed by atoms with Crippen LogP contribution in [0, 0.1) is 0 Å². The van der Waals surface area contributed by atoms with Crippen LogP contribution in [0.5, 0.6) is 0 Å². The predicted molar refractivity (Wildman–Crippen MR) is 119 cm³/mol. The Labute approximate surface area is 185 Å². The van der Waals surface area contributed by atoms with Gasteiger partial charge in [0, 0.05) is 31.5 Å².